The Bertz CT molecular complexity index is 891. The summed E-state index contributed by atoms with van der Waals surface area (Å²) in [6.07, 6.45) is 1.65. The summed E-state index contributed by atoms with van der Waals surface area (Å²) in [6, 6.07) is 17.3. The second-order valence-electron chi connectivity index (χ2n) is 6.31. The molecule has 0 atom stereocenters. The Kier molecular flexibility index (Phi) is 5.58. The van der Waals surface area contributed by atoms with Gasteiger partial charge < -0.3 is 19.7 Å². The van der Waals surface area contributed by atoms with Gasteiger partial charge in [0.1, 0.15) is 11.5 Å². The molecule has 0 saturated carbocycles. The summed E-state index contributed by atoms with van der Waals surface area (Å²) in [5.41, 5.74) is 4.08. The van der Waals surface area contributed by atoms with Crippen molar-refractivity contribution in [3.8, 4) is 5.75 Å². The van der Waals surface area contributed by atoms with E-state index in [4.69, 9.17) is 16.6 Å². The normalized spacial score (nSPS) is 10.5. The maximum Gasteiger partial charge on any atom is 0.174 e. The third-order valence-corrected chi connectivity index (χ3v) is 4.56. The smallest absolute Gasteiger partial charge is 0.174 e. The van der Waals surface area contributed by atoms with Crippen molar-refractivity contribution < 1.29 is 9.52 Å². The van der Waals surface area contributed by atoms with E-state index in [0.717, 1.165) is 22.6 Å². The molecule has 4 nitrogen and oxygen atoms in total. The Hall–Kier alpha value is -2.79. The second-order valence-corrected chi connectivity index (χ2v) is 6.70. The molecule has 0 unspecified atom stereocenters. The number of anilines is 1. The average molecular weight is 366 g/mol. The molecule has 0 radical (unpaired) electrons. The van der Waals surface area contributed by atoms with E-state index in [0.29, 0.717) is 18.2 Å². The number of furan rings is 1. The number of para-hydroxylation sites is 1. The molecular weight excluding hydrogens is 344 g/mol. The van der Waals surface area contributed by atoms with Gasteiger partial charge in [-0.05, 0) is 61.5 Å². The zero-order valence-electron chi connectivity index (χ0n) is 14.9. The minimum absolute atomic E-state index is 0.256. The Morgan fingerprint density at radius 3 is 2.62 bits per heavy atom. The van der Waals surface area contributed by atoms with Crippen molar-refractivity contribution >= 4 is 23.0 Å². The number of benzene rings is 2. The summed E-state index contributed by atoms with van der Waals surface area (Å²) in [7, 11) is 0. The van der Waals surface area contributed by atoms with E-state index in [2.05, 4.69) is 30.4 Å². The predicted molar refractivity (Wildman–Crippen MR) is 108 cm³/mol. The number of phenols is 1. The van der Waals surface area contributed by atoms with Crippen LogP contribution in [0, 0.1) is 13.8 Å². The van der Waals surface area contributed by atoms with Crippen LogP contribution in [0.3, 0.4) is 0 Å². The standard InChI is InChI=1S/C21H22N2O2S/c1-15-9-10-16(2)19(12-15)22-21(26)23(14-18-7-5-11-25-18)13-17-6-3-4-8-20(17)24/h3-12,24H,13-14H2,1-2H3,(H,22,26). The molecule has 0 amide bonds. The summed E-state index contributed by atoms with van der Waals surface area (Å²) < 4.78 is 5.48. The first-order chi connectivity index (χ1) is 12.5. The van der Waals surface area contributed by atoms with Crippen molar-refractivity contribution in [2.45, 2.75) is 26.9 Å². The Labute approximate surface area is 159 Å². The topological polar surface area (TPSA) is 48.6 Å². The molecule has 1 heterocycles. The maximum atomic E-state index is 10.1. The molecule has 26 heavy (non-hydrogen) atoms. The highest BCUT2D eigenvalue weighted by atomic mass is 32.1. The van der Waals surface area contributed by atoms with E-state index in [1.54, 1.807) is 12.3 Å². The van der Waals surface area contributed by atoms with Gasteiger partial charge in [-0.25, -0.2) is 0 Å². The lowest BCUT2D eigenvalue weighted by Crippen LogP contribution is -2.34. The molecule has 1 aromatic heterocycles. The minimum atomic E-state index is 0.256. The molecule has 0 fully saturated rings. The van der Waals surface area contributed by atoms with Gasteiger partial charge in [0.25, 0.3) is 0 Å². The highest BCUT2D eigenvalue weighted by Gasteiger charge is 2.15. The van der Waals surface area contributed by atoms with E-state index < -0.39 is 0 Å². The van der Waals surface area contributed by atoms with Gasteiger partial charge in [0.15, 0.2) is 5.11 Å². The summed E-state index contributed by atoms with van der Waals surface area (Å²) in [5, 5.41) is 14.0. The van der Waals surface area contributed by atoms with Gasteiger partial charge in [-0.2, -0.15) is 0 Å². The first kappa shape index (κ1) is 18.0. The van der Waals surface area contributed by atoms with Gasteiger partial charge in [0.2, 0.25) is 0 Å². The molecule has 0 spiro atoms. The molecule has 2 N–H and O–H groups in total. The molecule has 134 valence electrons. The molecule has 0 aliphatic heterocycles. The monoisotopic (exact) mass is 366 g/mol. The van der Waals surface area contributed by atoms with Crippen molar-refractivity contribution in [3.05, 3.63) is 83.3 Å². The maximum absolute atomic E-state index is 10.1. The minimum Gasteiger partial charge on any atom is -0.508 e. The van der Waals surface area contributed by atoms with Crippen molar-refractivity contribution in [3.63, 3.8) is 0 Å². The molecule has 5 heteroatoms. The lowest BCUT2D eigenvalue weighted by molar-refractivity contribution is 0.353. The SMILES string of the molecule is Cc1ccc(C)c(NC(=S)N(Cc2ccco2)Cc2ccccc2O)c1. The van der Waals surface area contributed by atoms with Crippen LogP contribution >= 0.6 is 12.2 Å². The number of nitrogens with zero attached hydrogens (tertiary/aromatic N) is 1. The number of hydrogen-bond donors (Lipinski definition) is 2. The van der Waals surface area contributed by atoms with Crippen molar-refractivity contribution in [1.29, 1.82) is 0 Å². The summed E-state index contributed by atoms with van der Waals surface area (Å²) in [4.78, 5) is 1.98. The largest absolute Gasteiger partial charge is 0.508 e. The van der Waals surface area contributed by atoms with E-state index in [-0.39, 0.29) is 5.75 Å². The van der Waals surface area contributed by atoms with Gasteiger partial charge in [-0.3, -0.25) is 0 Å². The van der Waals surface area contributed by atoms with Gasteiger partial charge >= 0.3 is 0 Å². The van der Waals surface area contributed by atoms with Crippen molar-refractivity contribution in [1.82, 2.24) is 4.90 Å². The van der Waals surface area contributed by atoms with Crippen LogP contribution in [0.25, 0.3) is 0 Å². The molecule has 0 aliphatic carbocycles. The number of phenolic OH excluding ortho intramolecular Hbond substituents is 1. The Morgan fingerprint density at radius 1 is 1.08 bits per heavy atom. The first-order valence-electron chi connectivity index (χ1n) is 8.45. The van der Waals surface area contributed by atoms with Crippen LogP contribution in [0.5, 0.6) is 5.75 Å². The zero-order chi connectivity index (χ0) is 18.5. The Morgan fingerprint density at radius 2 is 1.88 bits per heavy atom. The highest BCUT2D eigenvalue weighted by molar-refractivity contribution is 7.80. The number of rotatable bonds is 5. The van der Waals surface area contributed by atoms with Crippen LogP contribution in [-0.4, -0.2) is 15.1 Å². The number of aromatic hydroxyl groups is 1. The van der Waals surface area contributed by atoms with E-state index in [9.17, 15) is 5.11 Å². The fourth-order valence-electron chi connectivity index (χ4n) is 2.71. The number of hydrogen-bond acceptors (Lipinski definition) is 3. The summed E-state index contributed by atoms with van der Waals surface area (Å²) in [5.74, 6) is 1.07. The molecular formula is C21H22N2O2S. The van der Waals surface area contributed by atoms with Gasteiger partial charge in [-0.15, -0.1) is 0 Å². The zero-order valence-corrected chi connectivity index (χ0v) is 15.7. The molecule has 3 rings (SSSR count). The van der Waals surface area contributed by atoms with Gasteiger partial charge in [0.05, 0.1) is 12.8 Å². The van der Waals surface area contributed by atoms with Crippen LogP contribution in [0.4, 0.5) is 5.69 Å². The average Bonchev–Trinajstić information content (AvgIpc) is 3.12. The third-order valence-electron chi connectivity index (χ3n) is 4.20. The molecule has 0 saturated heterocycles. The summed E-state index contributed by atoms with van der Waals surface area (Å²) in [6.45, 7) is 5.09. The highest BCUT2D eigenvalue weighted by Crippen LogP contribution is 2.22. The van der Waals surface area contributed by atoms with Gasteiger partial charge in [0, 0.05) is 17.8 Å². The summed E-state index contributed by atoms with van der Waals surface area (Å²) >= 11 is 5.67. The number of aryl methyl sites for hydroxylation is 2. The molecule has 0 aliphatic rings. The lowest BCUT2D eigenvalue weighted by atomic mass is 10.1. The quantitative estimate of drug-likeness (QED) is 0.622. The fourth-order valence-corrected chi connectivity index (χ4v) is 2.94. The molecule has 0 bridgehead atoms. The van der Waals surface area contributed by atoms with Crippen LogP contribution in [0.1, 0.15) is 22.5 Å². The van der Waals surface area contributed by atoms with Crippen LogP contribution in [-0.2, 0) is 13.1 Å². The number of thiocarbonyl (C=S) groups is 1. The third kappa shape index (κ3) is 4.43. The van der Waals surface area contributed by atoms with E-state index >= 15 is 0 Å². The van der Waals surface area contributed by atoms with Crippen molar-refractivity contribution in [2.75, 3.05) is 5.32 Å². The first-order valence-corrected chi connectivity index (χ1v) is 8.86. The van der Waals surface area contributed by atoms with Gasteiger partial charge in [-0.1, -0.05) is 30.3 Å². The van der Waals surface area contributed by atoms with Crippen LogP contribution in [0.2, 0.25) is 0 Å². The van der Waals surface area contributed by atoms with E-state index in [1.807, 2.05) is 42.2 Å². The molecule has 3 aromatic rings. The fraction of sp³-hybridized carbons (Fsp3) is 0.190. The number of nitrogens with one attached hydrogen (secondary N) is 1. The van der Waals surface area contributed by atoms with Crippen LogP contribution in [0.15, 0.2) is 65.3 Å². The predicted octanol–water partition coefficient (Wildman–Crippen LogP) is 5.00. The Balaban J connectivity index is 1.83. The molecule has 2 aromatic carbocycles. The van der Waals surface area contributed by atoms with E-state index in [1.165, 1.54) is 5.56 Å². The van der Waals surface area contributed by atoms with Crippen LogP contribution < -0.4 is 5.32 Å². The lowest BCUT2D eigenvalue weighted by Gasteiger charge is -2.26. The second kappa shape index (κ2) is 8.06. The van der Waals surface area contributed by atoms with Crippen molar-refractivity contribution in [2.24, 2.45) is 0 Å².